The summed E-state index contributed by atoms with van der Waals surface area (Å²) >= 11 is -0.0754. The van der Waals surface area contributed by atoms with Crippen molar-refractivity contribution >= 4 is 17.7 Å². The van der Waals surface area contributed by atoms with Gasteiger partial charge in [0.25, 0.3) is 0 Å². The zero-order chi connectivity index (χ0) is 15.0. The van der Waals surface area contributed by atoms with E-state index in [9.17, 15) is 18.0 Å². The molecule has 0 aliphatic heterocycles. The zero-order valence-corrected chi connectivity index (χ0v) is 11.3. The lowest BCUT2D eigenvalue weighted by Gasteiger charge is -2.09. The minimum absolute atomic E-state index is 0.0575. The predicted octanol–water partition coefficient (Wildman–Crippen LogP) is 2.61. The average Bonchev–Trinajstić information content (AvgIpc) is 2.36. The van der Waals surface area contributed by atoms with Gasteiger partial charge in [0.1, 0.15) is 12.4 Å². The fourth-order valence-corrected chi connectivity index (χ4v) is 1.80. The van der Waals surface area contributed by atoms with Crippen LogP contribution >= 0.6 is 11.8 Å². The van der Waals surface area contributed by atoms with E-state index in [1.165, 1.54) is 12.1 Å². The van der Waals surface area contributed by atoms with Crippen molar-refractivity contribution in [2.24, 2.45) is 0 Å². The highest BCUT2D eigenvalue weighted by Crippen LogP contribution is 2.29. The fraction of sp³-hybridized carbons (Fsp3) is 0.417. The molecule has 1 aromatic rings. The van der Waals surface area contributed by atoms with E-state index in [4.69, 9.17) is 9.84 Å². The van der Waals surface area contributed by atoms with Crippen molar-refractivity contribution in [1.82, 2.24) is 5.32 Å². The normalized spacial score (nSPS) is 11.3. The Morgan fingerprint density at radius 1 is 1.35 bits per heavy atom. The first-order valence-corrected chi connectivity index (χ1v) is 6.74. The molecule has 4 nitrogen and oxygen atoms in total. The van der Waals surface area contributed by atoms with Gasteiger partial charge in [-0.1, -0.05) is 6.07 Å². The highest BCUT2D eigenvalue weighted by atomic mass is 32.2. The predicted molar refractivity (Wildman–Crippen MR) is 70.3 cm³/mol. The van der Waals surface area contributed by atoms with Crippen molar-refractivity contribution in [2.75, 3.05) is 25.4 Å². The summed E-state index contributed by atoms with van der Waals surface area (Å²) in [6, 6.07) is 6.02. The smallest absolute Gasteiger partial charge is 0.441 e. The molecule has 0 atom stereocenters. The Bertz CT molecular complexity index is 440. The van der Waals surface area contributed by atoms with Gasteiger partial charge in [0, 0.05) is 18.8 Å². The molecular weight excluding hydrogens is 295 g/mol. The zero-order valence-electron chi connectivity index (χ0n) is 10.4. The molecule has 0 heterocycles. The van der Waals surface area contributed by atoms with Gasteiger partial charge < -0.3 is 15.2 Å². The number of carboxylic acids is 1. The number of nitrogens with one attached hydrogen (secondary N) is 1. The van der Waals surface area contributed by atoms with Gasteiger partial charge in [-0.3, -0.25) is 0 Å². The van der Waals surface area contributed by atoms with Crippen LogP contribution in [0.5, 0.6) is 5.75 Å². The van der Waals surface area contributed by atoms with Gasteiger partial charge in [-0.15, -0.1) is 0 Å². The number of carboxylic acid groups (broad SMARTS) is 1. The molecule has 20 heavy (non-hydrogen) atoms. The molecule has 8 heteroatoms. The lowest BCUT2D eigenvalue weighted by atomic mass is 10.2. The number of halogens is 3. The van der Waals surface area contributed by atoms with Crippen LogP contribution in [0.25, 0.3) is 0 Å². The van der Waals surface area contributed by atoms with Gasteiger partial charge in [-0.25, -0.2) is 4.79 Å². The van der Waals surface area contributed by atoms with Crippen LogP contribution in [0, 0.1) is 0 Å². The number of hydrogen-bond donors (Lipinski definition) is 2. The highest BCUT2D eigenvalue weighted by molar-refractivity contribution is 8.00. The molecule has 112 valence electrons. The van der Waals surface area contributed by atoms with E-state index >= 15 is 0 Å². The number of aromatic carboxylic acids is 1. The molecule has 1 rings (SSSR count). The third kappa shape index (κ3) is 7.25. The molecule has 0 radical (unpaired) electrons. The van der Waals surface area contributed by atoms with E-state index < -0.39 is 11.5 Å². The number of ether oxygens (including phenoxy) is 1. The number of rotatable bonds is 8. The maximum Gasteiger partial charge on any atom is 0.441 e. The van der Waals surface area contributed by atoms with E-state index in [1.807, 2.05) is 0 Å². The standard InChI is InChI=1S/C12H14F3NO3S/c13-12(14,15)20-7-5-16-4-6-19-10-3-1-2-9(8-10)11(17)18/h1-3,8,16H,4-7H2,(H,17,18). The summed E-state index contributed by atoms with van der Waals surface area (Å²) in [6.45, 7) is 0.859. The van der Waals surface area contributed by atoms with Gasteiger partial charge in [0.05, 0.1) is 5.56 Å². The second-order valence-corrected chi connectivity index (χ2v) is 4.89. The van der Waals surface area contributed by atoms with E-state index in [0.717, 1.165) is 0 Å². The van der Waals surface area contributed by atoms with Crippen molar-refractivity contribution < 1.29 is 27.8 Å². The van der Waals surface area contributed by atoms with E-state index in [-0.39, 0.29) is 36.2 Å². The van der Waals surface area contributed by atoms with Crippen molar-refractivity contribution in [3.63, 3.8) is 0 Å². The molecule has 0 aliphatic rings. The maximum atomic E-state index is 11.8. The van der Waals surface area contributed by atoms with Gasteiger partial charge in [-0.05, 0) is 30.0 Å². The maximum absolute atomic E-state index is 11.8. The van der Waals surface area contributed by atoms with E-state index in [2.05, 4.69) is 5.32 Å². The van der Waals surface area contributed by atoms with Gasteiger partial charge in [0.15, 0.2) is 0 Å². The second-order valence-electron chi connectivity index (χ2n) is 3.73. The number of hydrogen-bond acceptors (Lipinski definition) is 4. The Labute approximate surface area is 118 Å². The largest absolute Gasteiger partial charge is 0.492 e. The van der Waals surface area contributed by atoms with Crippen LogP contribution < -0.4 is 10.1 Å². The Morgan fingerprint density at radius 2 is 2.10 bits per heavy atom. The van der Waals surface area contributed by atoms with Crippen LogP contribution in [0.4, 0.5) is 13.2 Å². The lowest BCUT2D eigenvalue weighted by molar-refractivity contribution is -0.0327. The van der Waals surface area contributed by atoms with Gasteiger partial charge in [0.2, 0.25) is 0 Å². The van der Waals surface area contributed by atoms with Crippen LogP contribution in [0.3, 0.4) is 0 Å². The number of benzene rings is 1. The van der Waals surface area contributed by atoms with E-state index in [1.54, 1.807) is 12.1 Å². The topological polar surface area (TPSA) is 58.6 Å². The van der Waals surface area contributed by atoms with Crippen molar-refractivity contribution in [3.8, 4) is 5.75 Å². The first-order chi connectivity index (χ1) is 9.38. The molecule has 0 saturated heterocycles. The number of thioether (sulfide) groups is 1. The van der Waals surface area contributed by atoms with Gasteiger partial charge in [-0.2, -0.15) is 13.2 Å². The molecule has 0 saturated carbocycles. The quantitative estimate of drug-likeness (QED) is 0.723. The third-order valence-corrected chi connectivity index (χ3v) is 2.91. The minimum Gasteiger partial charge on any atom is -0.492 e. The lowest BCUT2D eigenvalue weighted by Crippen LogP contribution is -2.24. The third-order valence-electron chi connectivity index (χ3n) is 2.17. The number of alkyl halides is 3. The van der Waals surface area contributed by atoms with Crippen LogP contribution in [-0.2, 0) is 0 Å². The Kier molecular flexibility index (Phi) is 6.66. The molecule has 1 aromatic carbocycles. The molecule has 0 aromatic heterocycles. The summed E-state index contributed by atoms with van der Waals surface area (Å²) in [6.07, 6.45) is 0. The Balaban J connectivity index is 2.15. The molecule has 0 unspecified atom stereocenters. The first kappa shape index (κ1) is 16.6. The molecule has 0 bridgehead atoms. The number of carbonyl (C=O) groups is 1. The van der Waals surface area contributed by atoms with Crippen LogP contribution in [-0.4, -0.2) is 42.0 Å². The minimum atomic E-state index is -4.20. The van der Waals surface area contributed by atoms with Gasteiger partial charge >= 0.3 is 11.5 Å². The summed E-state index contributed by atoms with van der Waals surface area (Å²) < 4.78 is 40.7. The molecule has 0 amide bonds. The van der Waals surface area contributed by atoms with E-state index in [0.29, 0.717) is 12.3 Å². The molecule has 0 spiro atoms. The van der Waals surface area contributed by atoms with Crippen molar-refractivity contribution in [1.29, 1.82) is 0 Å². The monoisotopic (exact) mass is 309 g/mol. The molecular formula is C12H14F3NO3S. The van der Waals surface area contributed by atoms with Crippen LogP contribution in [0.1, 0.15) is 10.4 Å². The first-order valence-electron chi connectivity index (χ1n) is 5.76. The second kappa shape index (κ2) is 8.01. The van der Waals surface area contributed by atoms with Crippen molar-refractivity contribution in [3.05, 3.63) is 29.8 Å². The SMILES string of the molecule is O=C(O)c1cccc(OCCNCCSC(F)(F)F)c1. The van der Waals surface area contributed by atoms with Crippen LogP contribution in [0.2, 0.25) is 0 Å². The Morgan fingerprint density at radius 3 is 2.75 bits per heavy atom. The molecule has 2 N–H and O–H groups in total. The average molecular weight is 309 g/mol. The summed E-state index contributed by atoms with van der Waals surface area (Å²) in [5.41, 5.74) is -4.08. The Hall–Kier alpha value is -1.41. The van der Waals surface area contributed by atoms with Crippen molar-refractivity contribution in [2.45, 2.75) is 5.51 Å². The fourth-order valence-electron chi connectivity index (χ4n) is 1.32. The van der Waals surface area contributed by atoms with Crippen LogP contribution in [0.15, 0.2) is 24.3 Å². The highest BCUT2D eigenvalue weighted by Gasteiger charge is 2.27. The summed E-state index contributed by atoms with van der Waals surface area (Å²) in [5.74, 6) is -0.688. The molecule has 0 fully saturated rings. The molecule has 0 aliphatic carbocycles. The summed E-state index contributed by atoms with van der Waals surface area (Å²) in [7, 11) is 0. The summed E-state index contributed by atoms with van der Waals surface area (Å²) in [4.78, 5) is 10.7. The summed E-state index contributed by atoms with van der Waals surface area (Å²) in [5, 5.41) is 11.6.